The van der Waals surface area contributed by atoms with Crippen molar-refractivity contribution < 1.29 is 14.3 Å². The summed E-state index contributed by atoms with van der Waals surface area (Å²) in [5.74, 6) is -0.842. The molecule has 0 saturated heterocycles. The minimum atomic E-state index is -0.865. The molecule has 1 heterocycles. The van der Waals surface area contributed by atoms with Crippen molar-refractivity contribution in [2.45, 2.75) is 25.3 Å². The van der Waals surface area contributed by atoms with Crippen molar-refractivity contribution in [3.63, 3.8) is 0 Å². The predicted molar refractivity (Wildman–Crippen MR) is 79.2 cm³/mol. The molecule has 0 radical (unpaired) electrons. The zero-order valence-electron chi connectivity index (χ0n) is 11.7. The second kappa shape index (κ2) is 6.55. The van der Waals surface area contributed by atoms with E-state index in [0.717, 1.165) is 18.4 Å². The molecule has 21 heavy (non-hydrogen) atoms. The molecule has 0 aromatic carbocycles. The number of nitrogens with zero attached hydrogens (tertiary/aromatic N) is 1. The Morgan fingerprint density at radius 2 is 2.38 bits per heavy atom. The Labute approximate surface area is 127 Å². The number of carbonyl (C=O) groups excluding carboxylic acids is 2. The van der Waals surface area contributed by atoms with Crippen LogP contribution in [-0.2, 0) is 14.3 Å². The molecule has 0 unspecified atom stereocenters. The van der Waals surface area contributed by atoms with Gasteiger partial charge in [0.05, 0.1) is 6.07 Å². The average molecular weight is 304 g/mol. The van der Waals surface area contributed by atoms with Crippen molar-refractivity contribution in [1.82, 2.24) is 5.32 Å². The fraction of sp³-hybridized carbons (Fsp3) is 0.400. The Kier molecular flexibility index (Phi) is 4.76. The number of nitriles is 1. The summed E-state index contributed by atoms with van der Waals surface area (Å²) in [5.41, 5.74) is 0.0444. The Morgan fingerprint density at radius 1 is 1.62 bits per heavy atom. The average Bonchev–Trinajstić information content (AvgIpc) is 3.21. The highest BCUT2D eigenvalue weighted by Gasteiger charge is 2.43. The summed E-state index contributed by atoms with van der Waals surface area (Å²) in [5, 5.41) is 15.6. The summed E-state index contributed by atoms with van der Waals surface area (Å²) in [6, 6.07) is 3.99. The van der Waals surface area contributed by atoms with E-state index in [4.69, 9.17) is 10.00 Å². The number of ether oxygens (including phenoxy) is 1. The summed E-state index contributed by atoms with van der Waals surface area (Å²) < 4.78 is 4.85. The molecule has 110 valence electrons. The lowest BCUT2D eigenvalue weighted by Crippen LogP contribution is -2.48. The van der Waals surface area contributed by atoms with E-state index in [9.17, 15) is 9.59 Å². The molecule has 1 N–H and O–H groups in total. The number of hydrogen-bond donors (Lipinski definition) is 1. The summed E-state index contributed by atoms with van der Waals surface area (Å²) in [6.45, 7) is 1.32. The van der Waals surface area contributed by atoms with Crippen LogP contribution in [-0.4, -0.2) is 24.0 Å². The van der Waals surface area contributed by atoms with Gasteiger partial charge in [-0.05, 0) is 54.1 Å². The van der Waals surface area contributed by atoms with Crippen molar-refractivity contribution in [3.05, 3.63) is 28.5 Å². The van der Waals surface area contributed by atoms with Gasteiger partial charge in [-0.1, -0.05) is 0 Å². The minimum Gasteiger partial charge on any atom is -0.452 e. The van der Waals surface area contributed by atoms with Crippen LogP contribution in [0.25, 0.3) is 6.08 Å². The van der Waals surface area contributed by atoms with Crippen molar-refractivity contribution >= 4 is 29.3 Å². The SMILES string of the molecule is C[C@@](C#N)(NC(=O)COC(=O)/C=C/c1ccsc1)C1CC1. The Hall–Kier alpha value is -2.13. The second-order valence-corrected chi connectivity index (χ2v) is 5.91. The largest absolute Gasteiger partial charge is 0.452 e. The van der Waals surface area contributed by atoms with Crippen LogP contribution in [0.2, 0.25) is 0 Å². The molecule has 1 atom stereocenters. The number of esters is 1. The van der Waals surface area contributed by atoms with Crippen molar-refractivity contribution in [2.75, 3.05) is 6.61 Å². The third-order valence-electron chi connectivity index (χ3n) is 3.33. The lowest BCUT2D eigenvalue weighted by molar-refractivity contribution is -0.144. The maximum absolute atomic E-state index is 11.7. The summed E-state index contributed by atoms with van der Waals surface area (Å²) in [4.78, 5) is 23.2. The molecule has 1 aliphatic carbocycles. The quantitative estimate of drug-likeness (QED) is 0.645. The summed E-state index contributed by atoms with van der Waals surface area (Å²) >= 11 is 1.53. The van der Waals surface area contributed by atoms with E-state index < -0.39 is 17.4 Å². The fourth-order valence-electron chi connectivity index (χ4n) is 1.93. The first kappa shape index (κ1) is 15.3. The second-order valence-electron chi connectivity index (χ2n) is 5.13. The van der Waals surface area contributed by atoms with Crippen molar-refractivity contribution in [1.29, 1.82) is 5.26 Å². The van der Waals surface area contributed by atoms with E-state index in [-0.39, 0.29) is 12.5 Å². The zero-order chi connectivity index (χ0) is 15.3. The topological polar surface area (TPSA) is 79.2 Å². The van der Waals surface area contributed by atoms with Gasteiger partial charge in [0.1, 0.15) is 5.54 Å². The van der Waals surface area contributed by atoms with Gasteiger partial charge in [-0.15, -0.1) is 0 Å². The van der Waals surface area contributed by atoms with E-state index in [0.29, 0.717) is 0 Å². The molecule has 1 aromatic rings. The maximum Gasteiger partial charge on any atom is 0.331 e. The number of carbonyl (C=O) groups is 2. The molecular formula is C15H16N2O3S. The fourth-order valence-corrected chi connectivity index (χ4v) is 2.56. The van der Waals surface area contributed by atoms with Gasteiger partial charge < -0.3 is 10.1 Å². The third kappa shape index (κ3) is 4.43. The van der Waals surface area contributed by atoms with E-state index in [2.05, 4.69) is 11.4 Å². The van der Waals surface area contributed by atoms with Gasteiger partial charge in [0.2, 0.25) is 0 Å². The first-order valence-corrected chi connectivity index (χ1v) is 7.57. The first-order valence-electron chi connectivity index (χ1n) is 6.63. The van der Waals surface area contributed by atoms with Crippen LogP contribution in [0.5, 0.6) is 0 Å². The lowest BCUT2D eigenvalue weighted by atomic mass is 9.98. The van der Waals surface area contributed by atoms with Gasteiger partial charge in [-0.3, -0.25) is 4.79 Å². The van der Waals surface area contributed by atoms with Gasteiger partial charge in [-0.25, -0.2) is 4.79 Å². The van der Waals surface area contributed by atoms with E-state index in [1.54, 1.807) is 13.0 Å². The van der Waals surface area contributed by atoms with Crippen LogP contribution in [0.4, 0.5) is 0 Å². The van der Waals surface area contributed by atoms with Crippen molar-refractivity contribution in [3.8, 4) is 6.07 Å². The van der Waals surface area contributed by atoms with Gasteiger partial charge in [0.15, 0.2) is 6.61 Å². The van der Waals surface area contributed by atoms with Gasteiger partial charge >= 0.3 is 5.97 Å². The molecule has 2 rings (SSSR count). The number of thiophene rings is 1. The molecule has 0 bridgehead atoms. The molecule has 1 fully saturated rings. The lowest BCUT2D eigenvalue weighted by Gasteiger charge is -2.22. The molecule has 5 nitrogen and oxygen atoms in total. The van der Waals surface area contributed by atoms with E-state index in [1.165, 1.54) is 17.4 Å². The van der Waals surface area contributed by atoms with Crippen LogP contribution in [0.15, 0.2) is 22.9 Å². The van der Waals surface area contributed by atoms with Gasteiger partial charge in [0.25, 0.3) is 5.91 Å². The van der Waals surface area contributed by atoms with Gasteiger partial charge in [0, 0.05) is 6.08 Å². The molecule has 1 aromatic heterocycles. The molecule has 6 heteroatoms. The zero-order valence-corrected chi connectivity index (χ0v) is 12.5. The number of amides is 1. The standard InChI is InChI=1S/C15H16N2O3S/c1-15(10-16,12-3-4-12)17-13(18)8-20-14(19)5-2-11-6-7-21-9-11/h2,5-7,9,12H,3-4,8H2,1H3,(H,17,18)/b5-2+/t15-/m0/s1. The minimum absolute atomic E-state index is 0.195. The number of nitrogens with one attached hydrogen (secondary N) is 1. The predicted octanol–water partition coefficient (Wildman–Crippen LogP) is 2.11. The van der Waals surface area contributed by atoms with Gasteiger partial charge in [-0.2, -0.15) is 16.6 Å². The van der Waals surface area contributed by atoms with E-state index >= 15 is 0 Å². The molecule has 1 aliphatic rings. The molecule has 0 aliphatic heterocycles. The van der Waals surface area contributed by atoms with Crippen LogP contribution < -0.4 is 5.32 Å². The van der Waals surface area contributed by atoms with Crippen LogP contribution >= 0.6 is 11.3 Å². The summed E-state index contributed by atoms with van der Waals surface area (Å²) in [7, 11) is 0. The number of hydrogen-bond acceptors (Lipinski definition) is 5. The highest BCUT2D eigenvalue weighted by Crippen LogP contribution is 2.39. The normalized spacial score (nSPS) is 17.0. The molecule has 1 amide bonds. The maximum atomic E-state index is 11.7. The monoisotopic (exact) mass is 304 g/mol. The van der Waals surface area contributed by atoms with Crippen LogP contribution in [0.1, 0.15) is 25.3 Å². The Bertz CT molecular complexity index is 585. The highest BCUT2D eigenvalue weighted by molar-refractivity contribution is 7.08. The Morgan fingerprint density at radius 3 is 2.95 bits per heavy atom. The van der Waals surface area contributed by atoms with Crippen molar-refractivity contribution in [2.24, 2.45) is 5.92 Å². The molecule has 1 saturated carbocycles. The summed E-state index contributed by atoms with van der Waals surface area (Å²) in [6.07, 6.45) is 4.78. The highest BCUT2D eigenvalue weighted by atomic mass is 32.1. The molecule has 0 spiro atoms. The molecular weight excluding hydrogens is 288 g/mol. The first-order chi connectivity index (χ1) is 10.0. The smallest absolute Gasteiger partial charge is 0.331 e. The van der Waals surface area contributed by atoms with Crippen LogP contribution in [0, 0.1) is 17.2 Å². The van der Waals surface area contributed by atoms with E-state index in [1.807, 2.05) is 16.8 Å². The van der Waals surface area contributed by atoms with Crippen LogP contribution in [0.3, 0.4) is 0 Å². The third-order valence-corrected chi connectivity index (χ3v) is 4.03. The number of rotatable bonds is 6. The Balaban J connectivity index is 1.76.